The number of nitro benzene ring substituents is 1. The van der Waals surface area contributed by atoms with Crippen LogP contribution in [0, 0.1) is 16.0 Å². The van der Waals surface area contributed by atoms with Crippen molar-refractivity contribution >= 4 is 17.3 Å². The Balaban J connectivity index is 2.98. The molecule has 1 aromatic carbocycles. The van der Waals surface area contributed by atoms with E-state index < -0.39 is 28.3 Å². The SMILES string of the molecule is CCC(C)C(=O)NNc1ccc(C(F)(F)F)cc1[N+](=O)[O-]. The van der Waals surface area contributed by atoms with Gasteiger partial charge >= 0.3 is 6.18 Å². The Labute approximate surface area is 118 Å². The summed E-state index contributed by atoms with van der Waals surface area (Å²) in [5.74, 6) is -0.738. The van der Waals surface area contributed by atoms with Gasteiger partial charge in [0.1, 0.15) is 5.69 Å². The van der Waals surface area contributed by atoms with Gasteiger partial charge in [-0.1, -0.05) is 13.8 Å². The average molecular weight is 305 g/mol. The van der Waals surface area contributed by atoms with Crippen molar-refractivity contribution < 1.29 is 22.9 Å². The van der Waals surface area contributed by atoms with Gasteiger partial charge in [-0.25, -0.2) is 0 Å². The maximum absolute atomic E-state index is 12.5. The molecule has 0 aromatic heterocycles. The van der Waals surface area contributed by atoms with Gasteiger partial charge in [-0.3, -0.25) is 25.8 Å². The standard InChI is InChI=1S/C12H14F3N3O3/c1-3-7(2)11(19)17-16-9-5-4-8(12(13,14)15)6-10(9)18(20)21/h4-7,16H,3H2,1-2H3,(H,17,19). The number of nitro groups is 1. The molecule has 0 aliphatic rings. The Hall–Kier alpha value is -2.32. The van der Waals surface area contributed by atoms with Gasteiger partial charge in [0.15, 0.2) is 0 Å². The van der Waals surface area contributed by atoms with Crippen LogP contribution in [-0.2, 0) is 11.0 Å². The largest absolute Gasteiger partial charge is 0.416 e. The summed E-state index contributed by atoms with van der Waals surface area (Å²) in [6.45, 7) is 3.43. The molecule has 2 N–H and O–H groups in total. The fourth-order valence-corrected chi connectivity index (χ4v) is 1.40. The lowest BCUT2D eigenvalue weighted by Gasteiger charge is -2.13. The van der Waals surface area contributed by atoms with E-state index in [4.69, 9.17) is 0 Å². The Bertz CT molecular complexity index is 546. The maximum atomic E-state index is 12.5. The van der Waals surface area contributed by atoms with Crippen LogP contribution in [-0.4, -0.2) is 10.8 Å². The molecule has 0 saturated heterocycles. The van der Waals surface area contributed by atoms with Crippen LogP contribution < -0.4 is 10.9 Å². The Morgan fingerprint density at radius 3 is 2.52 bits per heavy atom. The van der Waals surface area contributed by atoms with Crippen LogP contribution in [0.1, 0.15) is 25.8 Å². The van der Waals surface area contributed by atoms with Gasteiger partial charge in [0.2, 0.25) is 5.91 Å². The topological polar surface area (TPSA) is 84.3 Å². The molecule has 1 unspecified atom stereocenters. The number of benzene rings is 1. The Morgan fingerprint density at radius 1 is 1.43 bits per heavy atom. The van der Waals surface area contributed by atoms with Crippen molar-refractivity contribution in [1.29, 1.82) is 0 Å². The summed E-state index contributed by atoms with van der Waals surface area (Å²) in [6, 6.07) is 2.01. The first kappa shape index (κ1) is 16.7. The molecule has 0 saturated carbocycles. The number of carbonyl (C=O) groups is 1. The zero-order valence-electron chi connectivity index (χ0n) is 11.3. The number of hydrazine groups is 1. The van der Waals surface area contributed by atoms with E-state index >= 15 is 0 Å². The fraction of sp³-hybridized carbons (Fsp3) is 0.417. The van der Waals surface area contributed by atoms with Crippen LogP contribution in [0.3, 0.4) is 0 Å². The van der Waals surface area contributed by atoms with Crippen molar-refractivity contribution in [3.8, 4) is 0 Å². The first-order chi connectivity index (χ1) is 9.66. The van der Waals surface area contributed by atoms with Crippen molar-refractivity contribution in [1.82, 2.24) is 5.43 Å². The van der Waals surface area contributed by atoms with Gasteiger partial charge in [0.05, 0.1) is 10.5 Å². The minimum absolute atomic E-state index is 0.218. The van der Waals surface area contributed by atoms with Crippen LogP contribution >= 0.6 is 0 Å². The lowest BCUT2D eigenvalue weighted by atomic mass is 10.1. The molecule has 116 valence electrons. The number of halogens is 3. The molecule has 9 heteroatoms. The van der Waals surface area contributed by atoms with Crippen molar-refractivity contribution in [3.63, 3.8) is 0 Å². The van der Waals surface area contributed by atoms with Crippen LogP contribution in [0.15, 0.2) is 18.2 Å². The predicted octanol–water partition coefficient (Wildman–Crippen LogP) is 3.10. The zero-order chi connectivity index (χ0) is 16.2. The highest BCUT2D eigenvalue weighted by Gasteiger charge is 2.33. The van der Waals surface area contributed by atoms with Crippen LogP contribution in [0.5, 0.6) is 0 Å². The zero-order valence-corrected chi connectivity index (χ0v) is 11.3. The van der Waals surface area contributed by atoms with Crippen molar-refractivity contribution in [2.24, 2.45) is 5.92 Å². The van der Waals surface area contributed by atoms with Gasteiger partial charge < -0.3 is 0 Å². The van der Waals surface area contributed by atoms with Gasteiger partial charge in [0.25, 0.3) is 5.69 Å². The second-order valence-electron chi connectivity index (χ2n) is 4.41. The van der Waals surface area contributed by atoms with Gasteiger partial charge in [-0.05, 0) is 18.6 Å². The van der Waals surface area contributed by atoms with E-state index in [1.807, 2.05) is 0 Å². The molecule has 21 heavy (non-hydrogen) atoms. The van der Waals surface area contributed by atoms with E-state index in [0.717, 1.165) is 6.07 Å². The summed E-state index contributed by atoms with van der Waals surface area (Å²) < 4.78 is 37.5. The van der Waals surface area contributed by atoms with E-state index in [9.17, 15) is 28.1 Å². The molecular weight excluding hydrogens is 291 g/mol. The number of rotatable bonds is 5. The van der Waals surface area contributed by atoms with Crippen molar-refractivity contribution in [2.75, 3.05) is 5.43 Å². The fourth-order valence-electron chi connectivity index (χ4n) is 1.40. The number of nitrogens with zero attached hydrogens (tertiary/aromatic N) is 1. The second-order valence-corrected chi connectivity index (χ2v) is 4.41. The van der Waals surface area contributed by atoms with E-state index in [1.54, 1.807) is 13.8 Å². The van der Waals surface area contributed by atoms with E-state index in [-0.39, 0.29) is 11.6 Å². The monoisotopic (exact) mass is 305 g/mol. The summed E-state index contributed by atoms with van der Waals surface area (Å²) >= 11 is 0. The normalized spacial score (nSPS) is 12.6. The third kappa shape index (κ3) is 4.33. The average Bonchev–Trinajstić information content (AvgIpc) is 2.42. The highest BCUT2D eigenvalue weighted by Crippen LogP contribution is 2.34. The molecule has 0 aliphatic heterocycles. The van der Waals surface area contributed by atoms with Crippen LogP contribution in [0.2, 0.25) is 0 Å². The molecular formula is C12H14F3N3O3. The number of alkyl halides is 3. The summed E-state index contributed by atoms with van der Waals surface area (Å²) in [6.07, 6.45) is -4.12. The molecule has 1 rings (SSSR count). The lowest BCUT2D eigenvalue weighted by molar-refractivity contribution is -0.384. The van der Waals surface area contributed by atoms with Gasteiger partial charge in [-0.2, -0.15) is 13.2 Å². The Morgan fingerprint density at radius 2 is 2.05 bits per heavy atom. The molecule has 0 bridgehead atoms. The number of amides is 1. The summed E-state index contributed by atoms with van der Waals surface area (Å²) in [5.41, 5.74) is 2.39. The number of hydrogen-bond donors (Lipinski definition) is 2. The molecule has 0 aliphatic carbocycles. The summed E-state index contributed by atoms with van der Waals surface area (Å²) in [4.78, 5) is 21.4. The first-order valence-corrected chi connectivity index (χ1v) is 6.08. The quantitative estimate of drug-likeness (QED) is 0.646. The highest BCUT2D eigenvalue weighted by atomic mass is 19.4. The molecule has 1 atom stereocenters. The molecule has 0 radical (unpaired) electrons. The molecule has 1 aromatic rings. The Kier molecular flexibility index (Phi) is 5.12. The predicted molar refractivity (Wildman–Crippen MR) is 69.3 cm³/mol. The maximum Gasteiger partial charge on any atom is 0.416 e. The minimum atomic E-state index is -4.68. The lowest BCUT2D eigenvalue weighted by Crippen LogP contribution is -2.33. The van der Waals surface area contributed by atoms with Crippen LogP contribution in [0.25, 0.3) is 0 Å². The van der Waals surface area contributed by atoms with Crippen LogP contribution in [0.4, 0.5) is 24.5 Å². The van der Waals surface area contributed by atoms with Crippen molar-refractivity contribution in [2.45, 2.75) is 26.4 Å². The number of hydrogen-bond acceptors (Lipinski definition) is 4. The first-order valence-electron chi connectivity index (χ1n) is 6.08. The minimum Gasteiger partial charge on any atom is -0.292 e. The summed E-state index contributed by atoms with van der Waals surface area (Å²) in [7, 11) is 0. The molecule has 0 heterocycles. The van der Waals surface area contributed by atoms with E-state index in [0.29, 0.717) is 18.6 Å². The van der Waals surface area contributed by atoms with E-state index in [2.05, 4.69) is 10.9 Å². The summed E-state index contributed by atoms with van der Waals surface area (Å²) in [5, 5.41) is 10.8. The van der Waals surface area contributed by atoms with E-state index in [1.165, 1.54) is 0 Å². The molecule has 1 amide bonds. The third-order valence-electron chi connectivity index (χ3n) is 2.90. The van der Waals surface area contributed by atoms with Crippen molar-refractivity contribution in [3.05, 3.63) is 33.9 Å². The number of nitrogens with one attached hydrogen (secondary N) is 2. The number of carbonyl (C=O) groups excluding carboxylic acids is 1. The molecule has 6 nitrogen and oxygen atoms in total. The molecule has 0 fully saturated rings. The third-order valence-corrected chi connectivity index (χ3v) is 2.90. The molecule has 0 spiro atoms. The van der Waals surface area contributed by atoms with Gasteiger partial charge in [-0.15, -0.1) is 0 Å². The smallest absolute Gasteiger partial charge is 0.292 e. The second kappa shape index (κ2) is 6.42. The number of anilines is 1. The van der Waals surface area contributed by atoms with Gasteiger partial charge in [0, 0.05) is 12.0 Å². The highest BCUT2D eigenvalue weighted by molar-refractivity contribution is 5.80.